The van der Waals surface area contributed by atoms with Crippen LogP contribution < -0.4 is 10.1 Å². The molecule has 39 heavy (non-hydrogen) atoms. The van der Waals surface area contributed by atoms with Gasteiger partial charge in [0, 0.05) is 25.6 Å². The lowest BCUT2D eigenvalue weighted by Crippen LogP contribution is -2.45. The van der Waals surface area contributed by atoms with Gasteiger partial charge < -0.3 is 15.2 Å². The monoisotopic (exact) mass is 580 g/mol. The standard InChI is InChI=1S/C26H34ClF5N4O3/c1-5-18-35-19(22(37)34-14-25(38)8-6-15(2)7-9-25)20(27)36(18)21-17(39-23(28)29)10-16(12-33-21)11-24(3,4)13-26(30,31)32/h10,12,15,23,38H,5-9,11,13-14H2,1-4H3,(H,34,37). The lowest BCUT2D eigenvalue weighted by molar-refractivity contribution is -0.154. The normalized spacial score (nSPS) is 20.4. The van der Waals surface area contributed by atoms with Crippen molar-refractivity contribution in [2.75, 3.05) is 6.54 Å². The van der Waals surface area contributed by atoms with Crippen molar-refractivity contribution in [3.8, 4) is 11.6 Å². The number of ether oxygens (including phenoxy) is 1. The van der Waals surface area contributed by atoms with Crippen LogP contribution in [0.1, 0.15) is 81.7 Å². The maximum atomic E-state index is 13.3. The van der Waals surface area contributed by atoms with Gasteiger partial charge >= 0.3 is 12.8 Å². The van der Waals surface area contributed by atoms with E-state index in [1.54, 1.807) is 6.92 Å². The van der Waals surface area contributed by atoms with Gasteiger partial charge in [0.15, 0.2) is 17.3 Å². The van der Waals surface area contributed by atoms with E-state index in [1.807, 2.05) is 0 Å². The SMILES string of the molecule is CCc1nc(C(=O)NCC2(O)CCC(C)CC2)c(Cl)n1-c1ncc(CC(C)(C)CC(F)(F)F)cc1OC(F)F. The average Bonchev–Trinajstić information content (AvgIpc) is 3.14. The Kier molecular flexibility index (Phi) is 9.52. The van der Waals surface area contributed by atoms with Crippen LogP contribution in [-0.4, -0.2) is 50.5 Å². The molecule has 0 spiro atoms. The summed E-state index contributed by atoms with van der Waals surface area (Å²) in [4.78, 5) is 21.4. The van der Waals surface area contributed by atoms with Gasteiger partial charge in [-0.25, -0.2) is 9.97 Å². The molecule has 0 bridgehead atoms. The van der Waals surface area contributed by atoms with E-state index in [2.05, 4.69) is 26.9 Å². The number of carbonyl (C=O) groups excluding carboxylic acids is 1. The third kappa shape index (κ3) is 8.26. The van der Waals surface area contributed by atoms with Crippen LogP contribution >= 0.6 is 11.6 Å². The molecule has 2 aromatic heterocycles. The number of amides is 1. The van der Waals surface area contributed by atoms with Crippen molar-refractivity contribution in [3.05, 3.63) is 34.5 Å². The number of aliphatic hydroxyl groups is 1. The molecule has 0 aromatic carbocycles. The number of aryl methyl sites for hydroxylation is 1. The molecule has 2 aromatic rings. The van der Waals surface area contributed by atoms with Crippen molar-refractivity contribution < 1.29 is 36.6 Å². The molecular formula is C26H34ClF5N4O3. The first-order chi connectivity index (χ1) is 18.0. The summed E-state index contributed by atoms with van der Waals surface area (Å²) in [7, 11) is 0. The molecule has 0 atom stereocenters. The minimum absolute atomic E-state index is 0.00357. The van der Waals surface area contributed by atoms with Crippen molar-refractivity contribution in [1.82, 2.24) is 19.9 Å². The number of alkyl halides is 5. The van der Waals surface area contributed by atoms with Gasteiger partial charge in [0.2, 0.25) is 0 Å². The highest BCUT2D eigenvalue weighted by molar-refractivity contribution is 6.32. The number of carbonyl (C=O) groups is 1. The Morgan fingerprint density at radius 2 is 1.95 bits per heavy atom. The second kappa shape index (κ2) is 12.0. The third-order valence-electron chi connectivity index (χ3n) is 6.88. The molecule has 2 heterocycles. The van der Waals surface area contributed by atoms with Gasteiger partial charge in [-0.05, 0) is 55.1 Å². The number of aromatic nitrogens is 3. The molecule has 1 amide bonds. The maximum Gasteiger partial charge on any atom is 0.389 e. The Hall–Kier alpha value is -2.47. The summed E-state index contributed by atoms with van der Waals surface area (Å²) in [5.41, 5.74) is -2.19. The molecule has 1 fully saturated rings. The molecule has 0 radical (unpaired) electrons. The smallest absolute Gasteiger partial charge is 0.389 e. The molecule has 13 heteroatoms. The average molecular weight is 581 g/mol. The van der Waals surface area contributed by atoms with Crippen LogP contribution in [0.25, 0.3) is 5.82 Å². The van der Waals surface area contributed by atoms with Gasteiger partial charge in [-0.2, -0.15) is 22.0 Å². The molecule has 1 aliphatic rings. The van der Waals surface area contributed by atoms with Gasteiger partial charge in [-0.1, -0.05) is 39.3 Å². The second-order valence-electron chi connectivity index (χ2n) is 11.1. The second-order valence-corrected chi connectivity index (χ2v) is 11.5. The fourth-order valence-corrected chi connectivity index (χ4v) is 5.23. The number of hydrogen-bond acceptors (Lipinski definition) is 5. The third-order valence-corrected chi connectivity index (χ3v) is 7.23. The Morgan fingerprint density at radius 3 is 2.51 bits per heavy atom. The van der Waals surface area contributed by atoms with E-state index in [1.165, 1.54) is 30.7 Å². The Morgan fingerprint density at radius 1 is 1.31 bits per heavy atom. The van der Waals surface area contributed by atoms with Gasteiger partial charge in [0.05, 0.1) is 5.60 Å². The summed E-state index contributed by atoms with van der Waals surface area (Å²) in [6.45, 7) is 3.40. The Bertz CT molecular complexity index is 1160. The summed E-state index contributed by atoms with van der Waals surface area (Å²) in [5.74, 6) is -0.523. The number of pyridine rings is 1. The summed E-state index contributed by atoms with van der Waals surface area (Å²) >= 11 is 6.51. The molecule has 2 N–H and O–H groups in total. The minimum Gasteiger partial charge on any atom is -0.431 e. The van der Waals surface area contributed by atoms with Crippen LogP contribution in [-0.2, 0) is 12.8 Å². The molecule has 1 aliphatic carbocycles. The fraction of sp³-hybridized carbons (Fsp3) is 0.654. The highest BCUT2D eigenvalue weighted by Gasteiger charge is 2.37. The van der Waals surface area contributed by atoms with Crippen molar-refractivity contribution in [2.45, 2.75) is 91.0 Å². The van der Waals surface area contributed by atoms with Gasteiger partial charge in [0.1, 0.15) is 11.0 Å². The van der Waals surface area contributed by atoms with E-state index in [9.17, 15) is 31.9 Å². The molecular weight excluding hydrogens is 547 g/mol. The Balaban J connectivity index is 1.91. The number of nitrogens with zero attached hydrogens (tertiary/aromatic N) is 3. The molecule has 0 saturated heterocycles. The van der Waals surface area contributed by atoms with Crippen molar-refractivity contribution in [1.29, 1.82) is 0 Å². The number of hydrogen-bond donors (Lipinski definition) is 2. The first-order valence-electron chi connectivity index (χ1n) is 12.8. The topological polar surface area (TPSA) is 89.3 Å². The van der Waals surface area contributed by atoms with E-state index >= 15 is 0 Å². The van der Waals surface area contributed by atoms with Crippen LogP contribution in [0.5, 0.6) is 5.75 Å². The zero-order valence-electron chi connectivity index (χ0n) is 22.3. The number of nitrogens with one attached hydrogen (secondary N) is 1. The Labute approximate surface area is 229 Å². The van der Waals surface area contributed by atoms with Crippen molar-refractivity contribution >= 4 is 17.5 Å². The lowest BCUT2D eigenvalue weighted by Gasteiger charge is -2.34. The van der Waals surface area contributed by atoms with E-state index < -0.39 is 41.9 Å². The van der Waals surface area contributed by atoms with Crippen LogP contribution in [0.15, 0.2) is 12.3 Å². The minimum atomic E-state index is -4.40. The zero-order chi connectivity index (χ0) is 29.2. The predicted molar refractivity (Wildman–Crippen MR) is 135 cm³/mol. The summed E-state index contributed by atoms with van der Waals surface area (Å²) in [5, 5.41) is 13.3. The highest BCUT2D eigenvalue weighted by atomic mass is 35.5. The van der Waals surface area contributed by atoms with E-state index in [-0.39, 0.29) is 47.4 Å². The molecule has 3 rings (SSSR count). The first-order valence-corrected chi connectivity index (χ1v) is 13.2. The molecule has 0 unspecified atom stereocenters. The van der Waals surface area contributed by atoms with E-state index in [4.69, 9.17) is 11.6 Å². The molecule has 1 saturated carbocycles. The van der Waals surface area contributed by atoms with E-state index in [0.717, 1.165) is 12.8 Å². The largest absolute Gasteiger partial charge is 0.431 e. The van der Waals surface area contributed by atoms with Crippen LogP contribution in [0.2, 0.25) is 5.15 Å². The van der Waals surface area contributed by atoms with Crippen molar-refractivity contribution in [2.24, 2.45) is 11.3 Å². The van der Waals surface area contributed by atoms with Crippen molar-refractivity contribution in [3.63, 3.8) is 0 Å². The van der Waals surface area contributed by atoms with Crippen LogP contribution in [0.3, 0.4) is 0 Å². The summed E-state index contributed by atoms with van der Waals surface area (Å²) < 4.78 is 71.4. The molecule has 7 nitrogen and oxygen atoms in total. The predicted octanol–water partition coefficient (Wildman–Crippen LogP) is 6.28. The van der Waals surface area contributed by atoms with Gasteiger partial charge in [-0.3, -0.25) is 9.36 Å². The fourth-order valence-electron chi connectivity index (χ4n) is 4.93. The zero-order valence-corrected chi connectivity index (χ0v) is 23.1. The molecule has 218 valence electrons. The van der Waals surface area contributed by atoms with Gasteiger partial charge in [-0.15, -0.1) is 0 Å². The number of halogens is 6. The quantitative estimate of drug-likeness (QED) is 0.323. The first kappa shape index (κ1) is 31.1. The maximum absolute atomic E-state index is 13.3. The van der Waals surface area contributed by atoms with Crippen LogP contribution in [0.4, 0.5) is 22.0 Å². The number of imidazole rings is 1. The van der Waals surface area contributed by atoms with Crippen LogP contribution in [0, 0.1) is 11.3 Å². The van der Waals surface area contributed by atoms with Gasteiger partial charge in [0.25, 0.3) is 5.91 Å². The summed E-state index contributed by atoms with van der Waals surface area (Å²) in [6, 6.07) is 1.20. The number of rotatable bonds is 10. The lowest BCUT2D eigenvalue weighted by atomic mass is 9.79. The highest BCUT2D eigenvalue weighted by Crippen LogP contribution is 2.37. The van der Waals surface area contributed by atoms with E-state index in [0.29, 0.717) is 18.8 Å². The summed E-state index contributed by atoms with van der Waals surface area (Å²) in [6.07, 6.45) is -1.32. The molecule has 0 aliphatic heterocycles.